The Morgan fingerprint density at radius 3 is 2.38 bits per heavy atom. The maximum absolute atomic E-state index is 5.09. The third kappa shape index (κ3) is 3.32. The fraction of sp³-hybridized carbons (Fsp3) is 0.571. The highest BCUT2D eigenvalue weighted by molar-refractivity contribution is 5.21. The molecule has 2 heteroatoms. The molecule has 0 amide bonds. The Labute approximate surface area is 98.0 Å². The predicted molar refractivity (Wildman–Crippen MR) is 66.3 cm³/mol. The fourth-order valence-corrected chi connectivity index (χ4v) is 2.31. The van der Waals surface area contributed by atoms with Gasteiger partial charge >= 0.3 is 0 Å². The van der Waals surface area contributed by atoms with Crippen LogP contribution in [0.2, 0.25) is 0 Å². The lowest BCUT2D eigenvalue weighted by molar-refractivity contribution is 0.185. The first-order chi connectivity index (χ1) is 7.88. The van der Waals surface area contributed by atoms with E-state index < -0.39 is 0 Å². The average Bonchev–Trinajstić information content (AvgIpc) is 2.82. The van der Waals surface area contributed by atoms with Crippen LogP contribution in [0.4, 0.5) is 0 Å². The molecule has 1 aliphatic rings. The zero-order valence-electron chi connectivity index (χ0n) is 10.0. The monoisotopic (exact) mass is 219 g/mol. The summed E-state index contributed by atoms with van der Waals surface area (Å²) >= 11 is 0. The van der Waals surface area contributed by atoms with Crippen LogP contribution in [0.3, 0.4) is 0 Å². The van der Waals surface area contributed by atoms with Gasteiger partial charge in [0.2, 0.25) is 0 Å². The molecule has 0 spiro atoms. The zero-order chi connectivity index (χ0) is 11.2. The van der Waals surface area contributed by atoms with Gasteiger partial charge in [0.05, 0.1) is 6.61 Å². The summed E-state index contributed by atoms with van der Waals surface area (Å²) < 4.78 is 5.09. The molecular formula is C14H21NO. The van der Waals surface area contributed by atoms with Gasteiger partial charge in [0.25, 0.3) is 0 Å². The molecule has 2 rings (SSSR count). The SMILES string of the molecule is COCc1ccc(CNC2CCCC2)cc1. The van der Waals surface area contributed by atoms with Gasteiger partial charge < -0.3 is 10.1 Å². The third-order valence-corrected chi connectivity index (χ3v) is 3.28. The number of nitrogens with one attached hydrogen (secondary N) is 1. The molecule has 0 atom stereocenters. The van der Waals surface area contributed by atoms with Crippen molar-refractivity contribution >= 4 is 0 Å². The maximum atomic E-state index is 5.09. The van der Waals surface area contributed by atoms with Gasteiger partial charge in [-0.05, 0) is 24.0 Å². The normalized spacial score (nSPS) is 16.8. The average molecular weight is 219 g/mol. The van der Waals surface area contributed by atoms with Gasteiger partial charge in [-0.25, -0.2) is 0 Å². The van der Waals surface area contributed by atoms with E-state index in [4.69, 9.17) is 4.74 Å². The molecule has 0 aliphatic heterocycles. The summed E-state index contributed by atoms with van der Waals surface area (Å²) in [5, 5.41) is 3.62. The number of benzene rings is 1. The van der Waals surface area contributed by atoms with E-state index >= 15 is 0 Å². The van der Waals surface area contributed by atoms with Gasteiger partial charge in [-0.15, -0.1) is 0 Å². The second-order valence-electron chi connectivity index (χ2n) is 4.61. The Bertz CT molecular complexity index is 301. The molecule has 1 saturated carbocycles. The highest BCUT2D eigenvalue weighted by atomic mass is 16.5. The van der Waals surface area contributed by atoms with Crippen molar-refractivity contribution in [2.75, 3.05) is 7.11 Å². The minimum atomic E-state index is 0.705. The molecule has 0 radical (unpaired) electrons. The number of hydrogen-bond acceptors (Lipinski definition) is 2. The molecule has 0 heterocycles. The summed E-state index contributed by atoms with van der Waals surface area (Å²) in [7, 11) is 1.73. The Balaban J connectivity index is 1.80. The first kappa shape index (κ1) is 11.6. The van der Waals surface area contributed by atoms with Crippen LogP contribution in [0, 0.1) is 0 Å². The van der Waals surface area contributed by atoms with E-state index in [1.54, 1.807) is 7.11 Å². The summed E-state index contributed by atoms with van der Waals surface area (Å²) in [5.74, 6) is 0. The molecule has 0 aromatic heterocycles. The summed E-state index contributed by atoms with van der Waals surface area (Å²) in [6, 6.07) is 9.43. The second-order valence-corrected chi connectivity index (χ2v) is 4.61. The molecule has 1 aromatic carbocycles. The van der Waals surface area contributed by atoms with E-state index in [0.717, 1.165) is 12.6 Å². The maximum Gasteiger partial charge on any atom is 0.0713 e. The van der Waals surface area contributed by atoms with Crippen LogP contribution >= 0.6 is 0 Å². The van der Waals surface area contributed by atoms with Gasteiger partial charge in [0.1, 0.15) is 0 Å². The van der Waals surface area contributed by atoms with Crippen molar-refractivity contribution in [2.24, 2.45) is 0 Å². The van der Waals surface area contributed by atoms with Crippen LogP contribution in [-0.4, -0.2) is 13.2 Å². The number of rotatable bonds is 5. The fourth-order valence-electron chi connectivity index (χ4n) is 2.31. The lowest BCUT2D eigenvalue weighted by atomic mass is 10.1. The Morgan fingerprint density at radius 1 is 1.12 bits per heavy atom. The minimum Gasteiger partial charge on any atom is -0.380 e. The lowest BCUT2D eigenvalue weighted by Crippen LogP contribution is -2.25. The van der Waals surface area contributed by atoms with Gasteiger partial charge in [-0.3, -0.25) is 0 Å². The predicted octanol–water partition coefficient (Wildman–Crippen LogP) is 2.87. The van der Waals surface area contributed by atoms with Crippen molar-refractivity contribution in [3.8, 4) is 0 Å². The van der Waals surface area contributed by atoms with Crippen molar-refractivity contribution in [1.29, 1.82) is 0 Å². The molecule has 0 bridgehead atoms. The summed E-state index contributed by atoms with van der Waals surface area (Å²) in [4.78, 5) is 0. The van der Waals surface area contributed by atoms with Crippen LogP contribution in [0.25, 0.3) is 0 Å². The largest absolute Gasteiger partial charge is 0.380 e. The van der Waals surface area contributed by atoms with Crippen molar-refractivity contribution in [3.05, 3.63) is 35.4 Å². The van der Waals surface area contributed by atoms with Crippen LogP contribution in [0.1, 0.15) is 36.8 Å². The van der Waals surface area contributed by atoms with E-state index in [0.29, 0.717) is 6.61 Å². The molecular weight excluding hydrogens is 198 g/mol. The van der Waals surface area contributed by atoms with Crippen LogP contribution in [-0.2, 0) is 17.9 Å². The van der Waals surface area contributed by atoms with Crippen molar-refractivity contribution in [1.82, 2.24) is 5.32 Å². The summed E-state index contributed by atoms with van der Waals surface area (Å²) in [6.07, 6.45) is 5.48. The Hall–Kier alpha value is -0.860. The minimum absolute atomic E-state index is 0.705. The molecule has 0 unspecified atom stereocenters. The Kier molecular flexibility index (Phi) is 4.37. The van der Waals surface area contributed by atoms with Crippen LogP contribution in [0.15, 0.2) is 24.3 Å². The number of hydrogen-bond donors (Lipinski definition) is 1. The van der Waals surface area contributed by atoms with Crippen LogP contribution in [0.5, 0.6) is 0 Å². The smallest absolute Gasteiger partial charge is 0.0713 e. The van der Waals surface area contributed by atoms with E-state index in [1.807, 2.05) is 0 Å². The zero-order valence-corrected chi connectivity index (χ0v) is 10.0. The molecule has 88 valence electrons. The van der Waals surface area contributed by atoms with Crippen LogP contribution < -0.4 is 5.32 Å². The molecule has 1 N–H and O–H groups in total. The first-order valence-corrected chi connectivity index (χ1v) is 6.18. The molecule has 0 saturated heterocycles. The van der Waals surface area contributed by atoms with Gasteiger partial charge in [0, 0.05) is 19.7 Å². The van der Waals surface area contributed by atoms with Gasteiger partial charge in [0.15, 0.2) is 0 Å². The van der Waals surface area contributed by atoms with Crippen molar-refractivity contribution in [2.45, 2.75) is 44.9 Å². The van der Waals surface area contributed by atoms with E-state index in [9.17, 15) is 0 Å². The van der Waals surface area contributed by atoms with Crippen molar-refractivity contribution in [3.63, 3.8) is 0 Å². The van der Waals surface area contributed by atoms with Gasteiger partial charge in [-0.1, -0.05) is 37.1 Å². The first-order valence-electron chi connectivity index (χ1n) is 6.18. The third-order valence-electron chi connectivity index (χ3n) is 3.28. The van der Waals surface area contributed by atoms with Gasteiger partial charge in [-0.2, -0.15) is 0 Å². The Morgan fingerprint density at radius 2 is 1.75 bits per heavy atom. The molecule has 1 fully saturated rings. The number of ether oxygens (including phenoxy) is 1. The summed E-state index contributed by atoms with van der Waals surface area (Å²) in [5.41, 5.74) is 2.61. The number of methoxy groups -OCH3 is 1. The van der Waals surface area contributed by atoms with E-state index in [2.05, 4.69) is 29.6 Å². The van der Waals surface area contributed by atoms with E-state index in [-0.39, 0.29) is 0 Å². The topological polar surface area (TPSA) is 21.3 Å². The second kappa shape index (κ2) is 6.02. The highest BCUT2D eigenvalue weighted by Gasteiger charge is 2.13. The highest BCUT2D eigenvalue weighted by Crippen LogP contribution is 2.18. The molecule has 2 nitrogen and oxygen atoms in total. The van der Waals surface area contributed by atoms with Crippen molar-refractivity contribution < 1.29 is 4.74 Å². The van der Waals surface area contributed by atoms with E-state index in [1.165, 1.54) is 36.8 Å². The lowest BCUT2D eigenvalue weighted by Gasteiger charge is -2.11. The molecule has 1 aromatic rings. The standard InChI is InChI=1S/C14H21NO/c1-16-11-13-8-6-12(7-9-13)10-15-14-4-2-3-5-14/h6-9,14-15H,2-5,10-11H2,1H3. The molecule has 1 aliphatic carbocycles. The molecule has 16 heavy (non-hydrogen) atoms. The summed E-state index contributed by atoms with van der Waals surface area (Å²) in [6.45, 7) is 1.70. The quantitative estimate of drug-likeness (QED) is 0.822.